The quantitative estimate of drug-likeness (QED) is 0.562. The normalized spacial score (nSPS) is 25.4. The van der Waals surface area contributed by atoms with Crippen molar-refractivity contribution in [1.29, 1.82) is 0 Å². The van der Waals surface area contributed by atoms with E-state index < -0.39 is 0 Å². The van der Waals surface area contributed by atoms with Crippen molar-refractivity contribution in [3.8, 4) is 0 Å². The second kappa shape index (κ2) is 4.33. The minimum absolute atomic E-state index is 0.472. The summed E-state index contributed by atoms with van der Waals surface area (Å²) in [7, 11) is 0. The van der Waals surface area contributed by atoms with E-state index in [0.717, 1.165) is 5.92 Å². The molecule has 0 saturated carbocycles. The van der Waals surface area contributed by atoms with Gasteiger partial charge >= 0.3 is 0 Å². The molecule has 0 heterocycles. The third-order valence-corrected chi connectivity index (χ3v) is 3.61. The van der Waals surface area contributed by atoms with Crippen LogP contribution < -0.4 is 0 Å². The van der Waals surface area contributed by atoms with E-state index in [2.05, 4.69) is 46.4 Å². The predicted molar refractivity (Wildman–Crippen MR) is 64.2 cm³/mol. The van der Waals surface area contributed by atoms with Gasteiger partial charge in [-0.2, -0.15) is 0 Å². The van der Waals surface area contributed by atoms with Crippen LogP contribution in [0, 0.1) is 17.3 Å². The van der Waals surface area contributed by atoms with Gasteiger partial charge in [0, 0.05) is 0 Å². The lowest BCUT2D eigenvalue weighted by atomic mass is 9.72. The fraction of sp³-hybridized carbons (Fsp3) is 0.714. The van der Waals surface area contributed by atoms with E-state index in [4.69, 9.17) is 0 Å². The fourth-order valence-corrected chi connectivity index (χ4v) is 2.21. The Labute approximate surface area is 89.1 Å². The maximum Gasteiger partial charge on any atom is -0.00543 e. The van der Waals surface area contributed by atoms with Crippen LogP contribution in [0.5, 0.6) is 0 Å². The first-order valence-electron chi connectivity index (χ1n) is 5.76. The summed E-state index contributed by atoms with van der Waals surface area (Å²) in [5.74, 6) is 1.44. The maximum absolute atomic E-state index is 3.86. The summed E-state index contributed by atoms with van der Waals surface area (Å²) in [4.78, 5) is 0. The molecule has 14 heavy (non-hydrogen) atoms. The van der Waals surface area contributed by atoms with Crippen LogP contribution in [0.2, 0.25) is 0 Å². The highest BCUT2D eigenvalue weighted by atomic mass is 14.3. The van der Waals surface area contributed by atoms with Crippen molar-refractivity contribution in [2.45, 2.75) is 47.0 Å². The third kappa shape index (κ3) is 2.73. The maximum atomic E-state index is 3.86. The van der Waals surface area contributed by atoms with Gasteiger partial charge in [0.25, 0.3) is 0 Å². The molecule has 80 valence electrons. The SMILES string of the molecule is C=CC(C)C1=CCC(C(C)(C)C)CC1. The molecule has 0 amide bonds. The lowest BCUT2D eigenvalue weighted by Crippen LogP contribution is -2.22. The largest absolute Gasteiger partial charge is 0.102 e. The minimum atomic E-state index is 0.472. The van der Waals surface area contributed by atoms with Crippen LogP contribution in [0.15, 0.2) is 24.3 Å². The van der Waals surface area contributed by atoms with Gasteiger partial charge in [0.05, 0.1) is 0 Å². The highest BCUT2D eigenvalue weighted by Crippen LogP contribution is 2.38. The van der Waals surface area contributed by atoms with E-state index in [0.29, 0.717) is 11.3 Å². The van der Waals surface area contributed by atoms with E-state index in [9.17, 15) is 0 Å². The Morgan fingerprint density at radius 2 is 2.14 bits per heavy atom. The van der Waals surface area contributed by atoms with Crippen molar-refractivity contribution in [3.05, 3.63) is 24.3 Å². The second-order valence-electron chi connectivity index (χ2n) is 5.64. The standard InChI is InChI=1S/C14H24/c1-6-11(2)12-7-9-13(10-8-12)14(3,4)5/h6-7,11,13H,1,8-10H2,2-5H3. The first-order chi connectivity index (χ1) is 6.45. The van der Waals surface area contributed by atoms with Gasteiger partial charge in [-0.25, -0.2) is 0 Å². The number of hydrogen-bond donors (Lipinski definition) is 0. The summed E-state index contributed by atoms with van der Waals surface area (Å²) in [5.41, 5.74) is 2.07. The molecule has 0 heteroatoms. The summed E-state index contributed by atoms with van der Waals surface area (Å²) < 4.78 is 0. The van der Waals surface area contributed by atoms with Crippen molar-refractivity contribution < 1.29 is 0 Å². The van der Waals surface area contributed by atoms with E-state index in [-0.39, 0.29) is 0 Å². The molecule has 2 unspecified atom stereocenters. The molecule has 0 aromatic carbocycles. The molecule has 0 N–H and O–H groups in total. The van der Waals surface area contributed by atoms with Gasteiger partial charge in [-0.1, -0.05) is 45.4 Å². The molecule has 0 aromatic rings. The summed E-state index contributed by atoms with van der Waals surface area (Å²) in [6.07, 6.45) is 8.40. The molecule has 1 aliphatic rings. The Kier molecular flexibility index (Phi) is 3.58. The molecule has 0 aliphatic heterocycles. The van der Waals surface area contributed by atoms with Gasteiger partial charge in [0.2, 0.25) is 0 Å². The van der Waals surface area contributed by atoms with Gasteiger partial charge < -0.3 is 0 Å². The Hall–Kier alpha value is -0.520. The summed E-state index contributed by atoms with van der Waals surface area (Å²) in [5, 5.41) is 0. The zero-order valence-corrected chi connectivity index (χ0v) is 10.1. The molecule has 0 radical (unpaired) electrons. The summed E-state index contributed by atoms with van der Waals surface area (Å²) in [6.45, 7) is 13.2. The predicted octanol–water partition coefficient (Wildman–Crippen LogP) is 4.58. The average Bonchev–Trinajstić information content (AvgIpc) is 2.15. The number of hydrogen-bond acceptors (Lipinski definition) is 0. The van der Waals surface area contributed by atoms with Crippen molar-refractivity contribution >= 4 is 0 Å². The Balaban J connectivity index is 2.60. The smallest absolute Gasteiger partial charge is 0.00543 e. The minimum Gasteiger partial charge on any atom is -0.102 e. The van der Waals surface area contributed by atoms with Crippen LogP contribution in [0.25, 0.3) is 0 Å². The molecule has 0 spiro atoms. The lowest BCUT2D eigenvalue weighted by molar-refractivity contribution is 0.219. The third-order valence-electron chi connectivity index (χ3n) is 3.61. The zero-order chi connectivity index (χ0) is 10.8. The molecule has 1 rings (SSSR count). The van der Waals surface area contributed by atoms with Crippen LogP contribution in [0.1, 0.15) is 47.0 Å². The summed E-state index contributed by atoms with van der Waals surface area (Å²) >= 11 is 0. The molecule has 1 aliphatic carbocycles. The van der Waals surface area contributed by atoms with Crippen molar-refractivity contribution in [2.24, 2.45) is 17.3 Å². The lowest BCUT2D eigenvalue weighted by Gasteiger charge is -2.34. The molecule has 0 aromatic heterocycles. The summed E-state index contributed by atoms with van der Waals surface area (Å²) in [6, 6.07) is 0. The van der Waals surface area contributed by atoms with Crippen molar-refractivity contribution in [2.75, 3.05) is 0 Å². The highest BCUT2D eigenvalue weighted by Gasteiger charge is 2.26. The first-order valence-corrected chi connectivity index (χ1v) is 5.76. The van der Waals surface area contributed by atoms with Gasteiger partial charge in [0.1, 0.15) is 0 Å². The monoisotopic (exact) mass is 192 g/mol. The molecular formula is C14H24. The van der Waals surface area contributed by atoms with Crippen LogP contribution in [0.3, 0.4) is 0 Å². The van der Waals surface area contributed by atoms with E-state index in [1.807, 2.05) is 0 Å². The van der Waals surface area contributed by atoms with Crippen LogP contribution in [0.4, 0.5) is 0 Å². The molecule has 0 nitrogen and oxygen atoms in total. The molecule has 0 saturated heterocycles. The van der Waals surface area contributed by atoms with Crippen molar-refractivity contribution in [3.63, 3.8) is 0 Å². The fourth-order valence-electron chi connectivity index (χ4n) is 2.21. The van der Waals surface area contributed by atoms with Gasteiger partial charge in [0.15, 0.2) is 0 Å². The Bertz CT molecular complexity index is 227. The molecule has 0 bridgehead atoms. The molecular weight excluding hydrogens is 168 g/mol. The van der Waals surface area contributed by atoms with E-state index in [1.54, 1.807) is 5.57 Å². The molecule has 0 fully saturated rings. The topological polar surface area (TPSA) is 0 Å². The van der Waals surface area contributed by atoms with Crippen LogP contribution in [-0.4, -0.2) is 0 Å². The first kappa shape index (κ1) is 11.6. The highest BCUT2D eigenvalue weighted by molar-refractivity contribution is 5.14. The average molecular weight is 192 g/mol. The van der Waals surface area contributed by atoms with E-state index in [1.165, 1.54) is 19.3 Å². The van der Waals surface area contributed by atoms with Crippen LogP contribution >= 0.6 is 0 Å². The van der Waals surface area contributed by atoms with Gasteiger partial charge in [-0.15, -0.1) is 6.58 Å². The molecule has 2 atom stereocenters. The van der Waals surface area contributed by atoms with Gasteiger partial charge in [-0.3, -0.25) is 0 Å². The van der Waals surface area contributed by atoms with Crippen molar-refractivity contribution in [1.82, 2.24) is 0 Å². The number of rotatable bonds is 2. The van der Waals surface area contributed by atoms with Gasteiger partial charge in [-0.05, 0) is 36.5 Å². The Morgan fingerprint density at radius 1 is 1.50 bits per heavy atom. The van der Waals surface area contributed by atoms with Crippen LogP contribution in [-0.2, 0) is 0 Å². The second-order valence-corrected chi connectivity index (χ2v) is 5.64. The Morgan fingerprint density at radius 3 is 2.50 bits per heavy atom. The van der Waals surface area contributed by atoms with E-state index >= 15 is 0 Å². The number of allylic oxidation sites excluding steroid dienone is 3. The zero-order valence-electron chi connectivity index (χ0n) is 10.1.